The van der Waals surface area contributed by atoms with Crippen LogP contribution in [0.3, 0.4) is 0 Å². The molecule has 18 heavy (non-hydrogen) atoms. The van der Waals surface area contributed by atoms with Crippen molar-refractivity contribution in [2.24, 2.45) is 0 Å². The Morgan fingerprint density at radius 2 is 1.89 bits per heavy atom. The minimum atomic E-state index is 0.793. The van der Waals surface area contributed by atoms with Gasteiger partial charge >= 0.3 is 0 Å². The van der Waals surface area contributed by atoms with Crippen LogP contribution in [0.2, 0.25) is 0 Å². The highest BCUT2D eigenvalue weighted by atomic mass is 79.9. The molecule has 0 spiro atoms. The number of ether oxygens (including phenoxy) is 1. The topological polar surface area (TPSA) is 34.1 Å². The molecule has 1 heterocycles. The summed E-state index contributed by atoms with van der Waals surface area (Å²) in [7, 11) is 1.65. The Bertz CT molecular complexity index is 573. The number of aryl methyl sites for hydroxylation is 1. The van der Waals surface area contributed by atoms with Gasteiger partial charge < -0.3 is 10.1 Å². The van der Waals surface area contributed by atoms with Gasteiger partial charge in [-0.05, 0) is 46.6 Å². The second-order valence-corrected chi connectivity index (χ2v) is 5.66. The Kier molecular flexibility index (Phi) is 4.24. The monoisotopic (exact) mass is 370 g/mol. The Balaban J connectivity index is 2.30. The van der Waals surface area contributed by atoms with E-state index in [2.05, 4.69) is 42.2 Å². The average molecular weight is 372 g/mol. The quantitative estimate of drug-likeness (QED) is 0.851. The molecule has 0 unspecified atom stereocenters. The summed E-state index contributed by atoms with van der Waals surface area (Å²) < 4.78 is 7.15. The third-order valence-corrected chi connectivity index (χ3v) is 3.31. The molecule has 94 valence electrons. The van der Waals surface area contributed by atoms with E-state index in [1.165, 1.54) is 0 Å². The fourth-order valence-electron chi connectivity index (χ4n) is 1.56. The van der Waals surface area contributed by atoms with Crippen LogP contribution in [0.1, 0.15) is 5.56 Å². The number of methoxy groups -OCH3 is 1. The molecule has 3 nitrogen and oxygen atoms in total. The minimum Gasteiger partial charge on any atom is -0.497 e. The van der Waals surface area contributed by atoms with Gasteiger partial charge in [-0.1, -0.05) is 15.9 Å². The average Bonchev–Trinajstić information content (AvgIpc) is 2.32. The Morgan fingerprint density at radius 1 is 1.11 bits per heavy atom. The second-order valence-electron chi connectivity index (χ2n) is 3.82. The highest BCUT2D eigenvalue weighted by Crippen LogP contribution is 2.27. The van der Waals surface area contributed by atoms with Crippen LogP contribution < -0.4 is 10.1 Å². The van der Waals surface area contributed by atoms with E-state index in [0.717, 1.165) is 31.8 Å². The lowest BCUT2D eigenvalue weighted by Crippen LogP contribution is -1.97. The van der Waals surface area contributed by atoms with Crippen LogP contribution in [0.5, 0.6) is 5.75 Å². The fraction of sp³-hybridized carbons (Fsp3) is 0.154. The van der Waals surface area contributed by atoms with Crippen molar-refractivity contribution in [3.05, 3.63) is 45.0 Å². The third-order valence-electron chi connectivity index (χ3n) is 2.41. The molecular weight excluding hydrogens is 360 g/mol. The number of halogens is 2. The highest BCUT2D eigenvalue weighted by Gasteiger charge is 2.04. The lowest BCUT2D eigenvalue weighted by molar-refractivity contribution is 0.415. The van der Waals surface area contributed by atoms with Crippen LogP contribution in [-0.2, 0) is 0 Å². The molecule has 0 atom stereocenters. The largest absolute Gasteiger partial charge is 0.497 e. The molecule has 0 saturated heterocycles. The zero-order valence-electron chi connectivity index (χ0n) is 10.00. The second kappa shape index (κ2) is 5.71. The van der Waals surface area contributed by atoms with Gasteiger partial charge in [-0.15, -0.1) is 0 Å². The van der Waals surface area contributed by atoms with Crippen molar-refractivity contribution >= 4 is 43.4 Å². The van der Waals surface area contributed by atoms with Crippen LogP contribution in [0.15, 0.2) is 39.4 Å². The first-order valence-electron chi connectivity index (χ1n) is 5.32. The maximum absolute atomic E-state index is 5.22. The van der Waals surface area contributed by atoms with E-state index < -0.39 is 0 Å². The van der Waals surface area contributed by atoms with Gasteiger partial charge in [0.15, 0.2) is 0 Å². The molecule has 0 saturated carbocycles. The number of anilines is 2. The SMILES string of the molecule is COc1cc(Br)cc(Nc2ncc(Br)cc2C)c1. The number of nitrogens with zero attached hydrogens (tertiary/aromatic N) is 1. The summed E-state index contributed by atoms with van der Waals surface area (Å²) in [5.41, 5.74) is 2.00. The first-order chi connectivity index (χ1) is 8.58. The summed E-state index contributed by atoms with van der Waals surface area (Å²) in [6, 6.07) is 7.83. The number of benzene rings is 1. The van der Waals surface area contributed by atoms with E-state index >= 15 is 0 Å². The van der Waals surface area contributed by atoms with Crippen LogP contribution >= 0.6 is 31.9 Å². The smallest absolute Gasteiger partial charge is 0.133 e. The Morgan fingerprint density at radius 3 is 2.56 bits per heavy atom. The minimum absolute atomic E-state index is 0.793. The van der Waals surface area contributed by atoms with Gasteiger partial charge in [-0.2, -0.15) is 0 Å². The lowest BCUT2D eigenvalue weighted by Gasteiger charge is -2.10. The van der Waals surface area contributed by atoms with Crippen LogP contribution in [0.25, 0.3) is 0 Å². The number of hydrogen-bond acceptors (Lipinski definition) is 3. The Hall–Kier alpha value is -1.07. The summed E-state index contributed by atoms with van der Waals surface area (Å²) in [6.07, 6.45) is 1.77. The number of nitrogens with one attached hydrogen (secondary N) is 1. The molecule has 0 aliphatic carbocycles. The van der Waals surface area contributed by atoms with Crippen molar-refractivity contribution < 1.29 is 4.74 Å². The standard InChI is InChI=1S/C13H12Br2N2O/c1-8-3-10(15)7-16-13(8)17-11-4-9(14)5-12(6-11)18-2/h3-7H,1-2H3,(H,16,17). The summed E-state index contributed by atoms with van der Waals surface area (Å²) in [6.45, 7) is 2.01. The third kappa shape index (κ3) is 3.23. The molecule has 5 heteroatoms. The van der Waals surface area contributed by atoms with E-state index in [9.17, 15) is 0 Å². The molecule has 0 bridgehead atoms. The molecule has 0 radical (unpaired) electrons. The summed E-state index contributed by atoms with van der Waals surface area (Å²) in [5, 5.41) is 3.27. The van der Waals surface area contributed by atoms with E-state index in [0.29, 0.717) is 0 Å². The van der Waals surface area contributed by atoms with Crippen molar-refractivity contribution in [2.45, 2.75) is 6.92 Å². The molecule has 1 aromatic carbocycles. The van der Waals surface area contributed by atoms with Crippen LogP contribution in [0.4, 0.5) is 11.5 Å². The van der Waals surface area contributed by atoms with Crippen LogP contribution in [0, 0.1) is 6.92 Å². The zero-order chi connectivity index (χ0) is 13.1. The van der Waals surface area contributed by atoms with Gasteiger partial charge in [0.1, 0.15) is 11.6 Å². The summed E-state index contributed by atoms with van der Waals surface area (Å²) in [4.78, 5) is 4.34. The Labute approximate surface area is 123 Å². The molecule has 1 N–H and O–H groups in total. The number of hydrogen-bond donors (Lipinski definition) is 1. The number of pyridine rings is 1. The van der Waals surface area contributed by atoms with Crippen molar-refractivity contribution in [2.75, 3.05) is 12.4 Å². The maximum atomic E-state index is 5.22. The van der Waals surface area contributed by atoms with Crippen molar-refractivity contribution in [3.63, 3.8) is 0 Å². The fourth-order valence-corrected chi connectivity index (χ4v) is 2.48. The molecule has 1 aromatic heterocycles. The van der Waals surface area contributed by atoms with E-state index in [1.54, 1.807) is 13.3 Å². The van der Waals surface area contributed by atoms with Gasteiger partial charge in [-0.25, -0.2) is 4.98 Å². The van der Waals surface area contributed by atoms with Crippen molar-refractivity contribution in [1.82, 2.24) is 4.98 Å². The number of aromatic nitrogens is 1. The summed E-state index contributed by atoms with van der Waals surface area (Å²) >= 11 is 6.85. The van der Waals surface area contributed by atoms with Gasteiger partial charge in [-0.3, -0.25) is 0 Å². The lowest BCUT2D eigenvalue weighted by atomic mass is 10.2. The van der Waals surface area contributed by atoms with Gasteiger partial charge in [0.05, 0.1) is 7.11 Å². The van der Waals surface area contributed by atoms with E-state index in [1.807, 2.05) is 31.2 Å². The first-order valence-corrected chi connectivity index (χ1v) is 6.91. The summed E-state index contributed by atoms with van der Waals surface area (Å²) in [5.74, 6) is 1.62. The normalized spacial score (nSPS) is 10.2. The highest BCUT2D eigenvalue weighted by molar-refractivity contribution is 9.10. The molecule has 0 aliphatic rings. The molecule has 0 aliphatic heterocycles. The van der Waals surface area contributed by atoms with Crippen molar-refractivity contribution in [3.8, 4) is 5.75 Å². The van der Waals surface area contributed by atoms with Crippen LogP contribution in [-0.4, -0.2) is 12.1 Å². The number of rotatable bonds is 3. The molecule has 2 aromatic rings. The predicted molar refractivity (Wildman–Crippen MR) is 80.7 cm³/mol. The molecular formula is C13H12Br2N2O. The van der Waals surface area contributed by atoms with Crippen molar-refractivity contribution in [1.29, 1.82) is 0 Å². The predicted octanol–water partition coefficient (Wildman–Crippen LogP) is 4.67. The maximum Gasteiger partial charge on any atom is 0.133 e. The van der Waals surface area contributed by atoms with E-state index in [-0.39, 0.29) is 0 Å². The van der Waals surface area contributed by atoms with E-state index in [4.69, 9.17) is 4.74 Å². The zero-order valence-corrected chi connectivity index (χ0v) is 13.2. The molecule has 0 fully saturated rings. The van der Waals surface area contributed by atoms with Gasteiger partial charge in [0, 0.05) is 26.9 Å². The first kappa shape index (κ1) is 13.4. The van der Waals surface area contributed by atoms with Gasteiger partial charge in [0.2, 0.25) is 0 Å². The van der Waals surface area contributed by atoms with Gasteiger partial charge in [0.25, 0.3) is 0 Å². The molecule has 0 amide bonds. The molecule has 2 rings (SSSR count).